The number of fused-ring (bicyclic) bond motifs is 2. The molecule has 5 heterocycles. The molecule has 0 radical (unpaired) electrons. The summed E-state index contributed by atoms with van der Waals surface area (Å²) in [6.45, 7) is 6.86. The summed E-state index contributed by atoms with van der Waals surface area (Å²) in [5.41, 5.74) is 12.7. The molecule has 0 spiro atoms. The Morgan fingerprint density at radius 3 is 2.49 bits per heavy atom. The highest BCUT2D eigenvalue weighted by molar-refractivity contribution is 7.21. The number of amides is 2. The van der Waals surface area contributed by atoms with E-state index >= 15 is 0 Å². The number of ether oxygens (including phenoxy) is 1. The van der Waals surface area contributed by atoms with Gasteiger partial charge in [0.15, 0.2) is 11.6 Å². The number of nitrogens with two attached hydrogens (primary N) is 1. The molecule has 0 saturated carbocycles. The van der Waals surface area contributed by atoms with Crippen molar-refractivity contribution in [3.63, 3.8) is 0 Å². The second-order valence-electron chi connectivity index (χ2n) is 11.9. The molecular formula is C35H36N8O3S. The van der Waals surface area contributed by atoms with Crippen LogP contribution >= 0.6 is 11.3 Å². The third kappa shape index (κ3) is 6.38. The molecule has 0 bridgehead atoms. The van der Waals surface area contributed by atoms with Gasteiger partial charge in [-0.25, -0.2) is 19.9 Å². The molecule has 7 rings (SSSR count). The van der Waals surface area contributed by atoms with E-state index in [2.05, 4.69) is 69.6 Å². The molecule has 2 aliphatic rings. The standard InChI is InChI=1S/C35H36N8O3S/c1-21-3-6-26-17-25(9-10-29(26)43(21)22(2)44)24-7-4-23(5-8-24)11-12-37-34(45)30-18-28-31(47-30)33(42-13-15-46-16-14-42)41-32(40-28)27-19-38-35(36)39-20-27/h4-5,7-10,17-21H,3,6,11-16H2,1-2H3,(H,37,45)(H2,36,38,39)/t21-/m0/s1. The van der Waals surface area contributed by atoms with Gasteiger partial charge in [-0.1, -0.05) is 30.3 Å². The van der Waals surface area contributed by atoms with Crippen molar-refractivity contribution in [3.05, 3.63) is 76.9 Å². The fourth-order valence-corrected chi connectivity index (χ4v) is 7.31. The number of nitrogens with zero attached hydrogens (tertiary/aromatic N) is 6. The van der Waals surface area contributed by atoms with Gasteiger partial charge >= 0.3 is 0 Å². The van der Waals surface area contributed by atoms with Crippen LogP contribution in [0.5, 0.6) is 0 Å². The Hall–Kier alpha value is -4.94. The van der Waals surface area contributed by atoms with Crippen LogP contribution in [0.25, 0.3) is 32.7 Å². The number of carbonyl (C=O) groups excluding carboxylic acids is 2. The minimum atomic E-state index is -0.141. The van der Waals surface area contributed by atoms with E-state index in [1.165, 1.54) is 16.9 Å². The Balaban J connectivity index is 1.03. The molecular weight excluding hydrogens is 613 g/mol. The summed E-state index contributed by atoms with van der Waals surface area (Å²) in [6, 6.07) is 16.9. The number of carbonyl (C=O) groups is 2. The molecule has 3 aromatic heterocycles. The van der Waals surface area contributed by atoms with Gasteiger partial charge in [-0.2, -0.15) is 0 Å². The highest BCUT2D eigenvalue weighted by Gasteiger charge is 2.26. The first-order chi connectivity index (χ1) is 22.8. The Kier molecular flexibility index (Phi) is 8.52. The molecule has 0 aliphatic carbocycles. The molecule has 1 saturated heterocycles. The minimum Gasteiger partial charge on any atom is -0.378 e. The van der Waals surface area contributed by atoms with E-state index in [-0.39, 0.29) is 23.8 Å². The summed E-state index contributed by atoms with van der Waals surface area (Å²) in [7, 11) is 0. The maximum absolute atomic E-state index is 13.3. The van der Waals surface area contributed by atoms with E-state index in [1.54, 1.807) is 19.3 Å². The molecule has 12 heteroatoms. The summed E-state index contributed by atoms with van der Waals surface area (Å²) in [4.78, 5) is 48.0. The van der Waals surface area contributed by atoms with Crippen molar-refractivity contribution in [3.8, 4) is 22.5 Å². The second kappa shape index (κ2) is 13.0. The molecule has 47 heavy (non-hydrogen) atoms. The van der Waals surface area contributed by atoms with Crippen molar-refractivity contribution in [1.82, 2.24) is 25.3 Å². The molecule has 11 nitrogen and oxygen atoms in total. The molecule has 1 fully saturated rings. The first-order valence-corrected chi connectivity index (χ1v) is 16.7. The number of thiophene rings is 1. The van der Waals surface area contributed by atoms with Crippen LogP contribution in [0.4, 0.5) is 17.5 Å². The number of benzene rings is 2. The minimum absolute atomic E-state index is 0.0838. The first-order valence-electron chi connectivity index (χ1n) is 15.9. The predicted molar refractivity (Wildman–Crippen MR) is 185 cm³/mol. The third-order valence-electron chi connectivity index (χ3n) is 8.76. The molecule has 2 amide bonds. The maximum Gasteiger partial charge on any atom is 0.261 e. The van der Waals surface area contributed by atoms with E-state index in [1.807, 2.05) is 11.0 Å². The normalized spacial score (nSPS) is 16.3. The van der Waals surface area contributed by atoms with Crippen molar-refractivity contribution >= 4 is 50.8 Å². The molecule has 2 aromatic carbocycles. The van der Waals surface area contributed by atoms with Crippen molar-refractivity contribution < 1.29 is 14.3 Å². The quantitative estimate of drug-likeness (QED) is 0.252. The van der Waals surface area contributed by atoms with Crippen LogP contribution in [0.3, 0.4) is 0 Å². The van der Waals surface area contributed by atoms with Crippen LogP contribution in [0.1, 0.15) is 41.1 Å². The Bertz CT molecular complexity index is 1940. The van der Waals surface area contributed by atoms with E-state index in [0.717, 1.165) is 45.7 Å². The number of nitrogen functional groups attached to an aromatic ring is 1. The van der Waals surface area contributed by atoms with Gasteiger partial charge in [-0.15, -0.1) is 11.3 Å². The number of nitrogens with one attached hydrogen (secondary N) is 1. The van der Waals surface area contributed by atoms with Crippen LogP contribution in [-0.2, 0) is 22.4 Å². The van der Waals surface area contributed by atoms with Gasteiger partial charge in [-0.3, -0.25) is 9.59 Å². The first kappa shape index (κ1) is 30.7. The van der Waals surface area contributed by atoms with E-state index in [0.29, 0.717) is 61.1 Å². The molecule has 3 N–H and O–H groups in total. The van der Waals surface area contributed by atoms with Gasteiger partial charge in [0.05, 0.1) is 33.9 Å². The van der Waals surface area contributed by atoms with Crippen molar-refractivity contribution in [2.75, 3.05) is 48.4 Å². The predicted octanol–water partition coefficient (Wildman–Crippen LogP) is 4.89. The molecule has 1 atom stereocenters. The number of hydrogen-bond donors (Lipinski definition) is 2. The molecule has 0 unspecified atom stereocenters. The lowest BCUT2D eigenvalue weighted by atomic mass is 9.93. The van der Waals surface area contributed by atoms with Crippen molar-refractivity contribution in [2.45, 2.75) is 39.2 Å². The fourth-order valence-electron chi connectivity index (χ4n) is 6.28. The average Bonchev–Trinajstić information content (AvgIpc) is 3.53. The summed E-state index contributed by atoms with van der Waals surface area (Å²) in [5, 5.41) is 3.08. The van der Waals surface area contributed by atoms with Gasteiger partial charge in [0, 0.05) is 50.7 Å². The van der Waals surface area contributed by atoms with Gasteiger partial charge in [0.1, 0.15) is 0 Å². The molecule has 5 aromatic rings. The number of aryl methyl sites for hydroxylation is 1. The maximum atomic E-state index is 13.3. The zero-order chi connectivity index (χ0) is 32.5. The lowest BCUT2D eigenvalue weighted by Crippen LogP contribution is -2.40. The van der Waals surface area contributed by atoms with Crippen molar-refractivity contribution in [1.29, 1.82) is 0 Å². The highest BCUT2D eigenvalue weighted by atomic mass is 32.1. The lowest BCUT2D eigenvalue weighted by molar-refractivity contribution is -0.117. The zero-order valence-corrected chi connectivity index (χ0v) is 27.2. The number of anilines is 3. The molecule has 240 valence electrons. The second-order valence-corrected chi connectivity index (χ2v) is 13.0. The number of morpholine rings is 1. The summed E-state index contributed by atoms with van der Waals surface area (Å²) >= 11 is 1.40. The number of rotatable bonds is 7. The van der Waals surface area contributed by atoms with Crippen LogP contribution in [0.15, 0.2) is 60.9 Å². The largest absolute Gasteiger partial charge is 0.378 e. The van der Waals surface area contributed by atoms with E-state index in [9.17, 15) is 9.59 Å². The Morgan fingerprint density at radius 2 is 1.74 bits per heavy atom. The monoisotopic (exact) mass is 648 g/mol. The summed E-state index contributed by atoms with van der Waals surface area (Å²) in [5.74, 6) is 1.38. The highest BCUT2D eigenvalue weighted by Crippen LogP contribution is 2.36. The Labute approximate surface area is 276 Å². The van der Waals surface area contributed by atoms with E-state index in [4.69, 9.17) is 20.4 Å². The third-order valence-corrected chi connectivity index (χ3v) is 9.87. The van der Waals surface area contributed by atoms with Crippen LogP contribution in [0, 0.1) is 0 Å². The number of hydrogen-bond acceptors (Lipinski definition) is 10. The molecule has 2 aliphatic heterocycles. The van der Waals surface area contributed by atoms with Crippen LogP contribution in [-0.4, -0.2) is 70.6 Å². The van der Waals surface area contributed by atoms with Gasteiger partial charge in [0.2, 0.25) is 11.9 Å². The average molecular weight is 649 g/mol. The van der Waals surface area contributed by atoms with Gasteiger partial charge < -0.3 is 25.6 Å². The SMILES string of the molecule is CC(=O)N1c2ccc(-c3ccc(CCNC(=O)c4cc5nc(-c6cnc(N)nc6)nc(N6CCOCC6)c5s4)cc3)cc2CC[C@@H]1C. The van der Waals surface area contributed by atoms with Crippen molar-refractivity contribution in [2.24, 2.45) is 0 Å². The van der Waals surface area contributed by atoms with E-state index < -0.39 is 0 Å². The summed E-state index contributed by atoms with van der Waals surface area (Å²) in [6.07, 6.45) is 5.84. The fraction of sp³-hybridized carbons (Fsp3) is 0.314. The smallest absolute Gasteiger partial charge is 0.261 e. The van der Waals surface area contributed by atoms with Gasteiger partial charge in [0.25, 0.3) is 5.91 Å². The topological polar surface area (TPSA) is 139 Å². The lowest BCUT2D eigenvalue weighted by Gasteiger charge is -2.34. The summed E-state index contributed by atoms with van der Waals surface area (Å²) < 4.78 is 6.42. The Morgan fingerprint density at radius 1 is 1.00 bits per heavy atom. The van der Waals surface area contributed by atoms with Gasteiger partial charge in [-0.05, 0) is 66.6 Å². The van der Waals surface area contributed by atoms with Crippen LogP contribution < -0.4 is 20.9 Å². The zero-order valence-electron chi connectivity index (χ0n) is 26.4. The number of aromatic nitrogens is 4. The van der Waals surface area contributed by atoms with Crippen LogP contribution in [0.2, 0.25) is 0 Å².